The summed E-state index contributed by atoms with van der Waals surface area (Å²) in [5.41, 5.74) is 2.08. The van der Waals surface area contributed by atoms with Crippen LogP contribution in [0.4, 0.5) is 0 Å². The van der Waals surface area contributed by atoms with Crippen molar-refractivity contribution < 1.29 is 13.5 Å². The Bertz CT molecular complexity index is 666. The van der Waals surface area contributed by atoms with Crippen molar-refractivity contribution in [1.29, 1.82) is 0 Å². The zero-order valence-corrected chi connectivity index (χ0v) is 11.7. The molecule has 0 atom stereocenters. The molecule has 0 bridgehead atoms. The third-order valence-corrected chi connectivity index (χ3v) is 4.71. The first kappa shape index (κ1) is 13.6. The third kappa shape index (κ3) is 2.96. The van der Waals surface area contributed by atoms with Gasteiger partial charge in [0.15, 0.2) is 9.84 Å². The van der Waals surface area contributed by atoms with Gasteiger partial charge in [-0.25, -0.2) is 8.42 Å². The van der Waals surface area contributed by atoms with Crippen molar-refractivity contribution >= 4 is 9.84 Å². The fourth-order valence-corrected chi connectivity index (χ4v) is 3.40. The minimum atomic E-state index is -3.34. The number of hydrogen-bond acceptors (Lipinski definition) is 3. The number of phenolic OH excluding ortho intramolecular Hbond substituents is 1. The van der Waals surface area contributed by atoms with Crippen molar-refractivity contribution in [2.75, 3.05) is 0 Å². The van der Waals surface area contributed by atoms with Crippen LogP contribution < -0.4 is 0 Å². The average Bonchev–Trinajstić information content (AvgIpc) is 2.36. The molecule has 0 amide bonds. The second-order valence-electron chi connectivity index (χ2n) is 4.65. The van der Waals surface area contributed by atoms with Gasteiger partial charge in [-0.2, -0.15) is 0 Å². The molecule has 19 heavy (non-hydrogen) atoms. The largest absolute Gasteiger partial charge is 0.507 e. The van der Waals surface area contributed by atoms with E-state index in [1.54, 1.807) is 56.3 Å². The second-order valence-corrected chi connectivity index (χ2v) is 6.64. The van der Waals surface area contributed by atoms with Gasteiger partial charge < -0.3 is 5.11 Å². The highest BCUT2D eigenvalue weighted by Crippen LogP contribution is 2.25. The van der Waals surface area contributed by atoms with Crippen molar-refractivity contribution in [2.24, 2.45) is 0 Å². The average molecular weight is 276 g/mol. The maximum atomic E-state index is 12.2. The zero-order valence-electron chi connectivity index (χ0n) is 10.9. The van der Waals surface area contributed by atoms with Crippen LogP contribution >= 0.6 is 0 Å². The number of aromatic hydroxyl groups is 1. The standard InChI is InChI=1S/C15H16O3S/c1-11-8-13(9-12(2)15(11)16)10-19(17,18)14-6-4-3-5-7-14/h3-9,16H,10H2,1-2H3. The molecule has 2 rings (SSSR count). The lowest BCUT2D eigenvalue weighted by molar-refractivity contribution is 0.466. The highest BCUT2D eigenvalue weighted by Gasteiger charge is 2.16. The molecule has 0 fully saturated rings. The van der Waals surface area contributed by atoms with Gasteiger partial charge in [0.25, 0.3) is 0 Å². The molecule has 0 aromatic heterocycles. The zero-order chi connectivity index (χ0) is 14.0. The fraction of sp³-hybridized carbons (Fsp3) is 0.200. The Morgan fingerprint density at radius 2 is 1.53 bits per heavy atom. The van der Waals surface area contributed by atoms with Crippen LogP contribution in [0.1, 0.15) is 16.7 Å². The van der Waals surface area contributed by atoms with E-state index in [-0.39, 0.29) is 11.5 Å². The molecule has 0 unspecified atom stereocenters. The van der Waals surface area contributed by atoms with E-state index in [0.29, 0.717) is 21.6 Å². The predicted octanol–water partition coefficient (Wildman–Crippen LogP) is 2.98. The number of phenols is 1. The molecule has 3 nitrogen and oxygen atoms in total. The number of sulfone groups is 1. The summed E-state index contributed by atoms with van der Waals surface area (Å²) in [4.78, 5) is 0.318. The molecule has 100 valence electrons. The van der Waals surface area contributed by atoms with E-state index in [4.69, 9.17) is 0 Å². The lowest BCUT2D eigenvalue weighted by atomic mass is 10.1. The van der Waals surface area contributed by atoms with Crippen molar-refractivity contribution in [3.8, 4) is 5.75 Å². The monoisotopic (exact) mass is 276 g/mol. The van der Waals surface area contributed by atoms with Gasteiger partial charge in [-0.3, -0.25) is 0 Å². The number of benzene rings is 2. The predicted molar refractivity (Wildman–Crippen MR) is 74.9 cm³/mol. The van der Waals surface area contributed by atoms with Crippen LogP contribution in [0.3, 0.4) is 0 Å². The van der Waals surface area contributed by atoms with Crippen LogP contribution in [-0.2, 0) is 15.6 Å². The van der Waals surface area contributed by atoms with E-state index in [9.17, 15) is 13.5 Å². The molecule has 0 aliphatic heterocycles. The quantitative estimate of drug-likeness (QED) is 0.937. The van der Waals surface area contributed by atoms with E-state index >= 15 is 0 Å². The first-order chi connectivity index (χ1) is 8.90. The van der Waals surface area contributed by atoms with E-state index in [0.717, 1.165) is 0 Å². The van der Waals surface area contributed by atoms with Gasteiger partial charge in [0.1, 0.15) is 5.75 Å². The highest BCUT2D eigenvalue weighted by molar-refractivity contribution is 7.90. The molecule has 0 aliphatic rings. The van der Waals surface area contributed by atoms with Crippen LogP contribution in [0.2, 0.25) is 0 Å². The van der Waals surface area contributed by atoms with E-state index in [1.165, 1.54) is 0 Å². The first-order valence-electron chi connectivity index (χ1n) is 5.97. The molecule has 0 spiro atoms. The summed E-state index contributed by atoms with van der Waals surface area (Å²) in [7, 11) is -3.34. The molecule has 0 saturated heterocycles. The molecule has 0 saturated carbocycles. The van der Waals surface area contributed by atoms with E-state index in [1.807, 2.05) is 0 Å². The van der Waals surface area contributed by atoms with Crippen molar-refractivity contribution in [1.82, 2.24) is 0 Å². The number of rotatable bonds is 3. The fourth-order valence-electron chi connectivity index (χ4n) is 2.06. The van der Waals surface area contributed by atoms with Crippen LogP contribution in [0, 0.1) is 13.8 Å². The van der Waals surface area contributed by atoms with Crippen molar-refractivity contribution in [2.45, 2.75) is 24.5 Å². The van der Waals surface area contributed by atoms with Crippen LogP contribution in [0.15, 0.2) is 47.4 Å². The Kier molecular flexibility index (Phi) is 3.62. The second kappa shape index (κ2) is 5.05. The molecule has 0 heterocycles. The van der Waals surface area contributed by atoms with Crippen LogP contribution in [-0.4, -0.2) is 13.5 Å². The minimum Gasteiger partial charge on any atom is -0.507 e. The van der Waals surface area contributed by atoms with Crippen molar-refractivity contribution in [3.05, 3.63) is 59.2 Å². The summed E-state index contributed by atoms with van der Waals surface area (Å²) < 4.78 is 24.5. The first-order valence-corrected chi connectivity index (χ1v) is 7.62. The Morgan fingerprint density at radius 1 is 1.00 bits per heavy atom. The maximum Gasteiger partial charge on any atom is 0.182 e. The Morgan fingerprint density at radius 3 is 2.05 bits per heavy atom. The summed E-state index contributed by atoms with van der Waals surface area (Å²) in [6, 6.07) is 11.8. The molecular formula is C15H16O3S. The smallest absolute Gasteiger partial charge is 0.182 e. The Hall–Kier alpha value is -1.81. The van der Waals surface area contributed by atoms with Crippen LogP contribution in [0.25, 0.3) is 0 Å². The topological polar surface area (TPSA) is 54.4 Å². The number of aryl methyl sites for hydroxylation is 2. The Labute approximate surface area is 113 Å². The van der Waals surface area contributed by atoms with Gasteiger partial charge in [-0.1, -0.05) is 30.3 Å². The van der Waals surface area contributed by atoms with Crippen LogP contribution in [0.5, 0.6) is 5.75 Å². The third-order valence-electron chi connectivity index (χ3n) is 3.01. The van der Waals surface area contributed by atoms with Gasteiger partial charge in [-0.05, 0) is 42.7 Å². The van der Waals surface area contributed by atoms with Gasteiger partial charge in [0.2, 0.25) is 0 Å². The molecule has 2 aromatic carbocycles. The summed E-state index contributed by atoms with van der Waals surface area (Å²) in [6.45, 7) is 3.53. The maximum absolute atomic E-state index is 12.2. The molecular weight excluding hydrogens is 260 g/mol. The lowest BCUT2D eigenvalue weighted by Gasteiger charge is -2.09. The molecule has 0 aliphatic carbocycles. The molecule has 4 heteroatoms. The number of hydrogen-bond donors (Lipinski definition) is 1. The lowest BCUT2D eigenvalue weighted by Crippen LogP contribution is -2.05. The Balaban J connectivity index is 2.37. The summed E-state index contributed by atoms with van der Waals surface area (Å²) in [6.07, 6.45) is 0. The molecule has 0 radical (unpaired) electrons. The SMILES string of the molecule is Cc1cc(CS(=O)(=O)c2ccccc2)cc(C)c1O. The van der Waals surface area contributed by atoms with Gasteiger partial charge in [-0.15, -0.1) is 0 Å². The summed E-state index contributed by atoms with van der Waals surface area (Å²) >= 11 is 0. The summed E-state index contributed by atoms with van der Waals surface area (Å²) in [5, 5.41) is 9.70. The highest BCUT2D eigenvalue weighted by atomic mass is 32.2. The van der Waals surface area contributed by atoms with Gasteiger partial charge >= 0.3 is 0 Å². The van der Waals surface area contributed by atoms with Gasteiger partial charge in [0.05, 0.1) is 10.6 Å². The minimum absolute atomic E-state index is 0.0566. The van der Waals surface area contributed by atoms with Gasteiger partial charge in [0, 0.05) is 0 Å². The normalized spacial score (nSPS) is 11.5. The van der Waals surface area contributed by atoms with Crippen molar-refractivity contribution in [3.63, 3.8) is 0 Å². The van der Waals surface area contributed by atoms with E-state index in [2.05, 4.69) is 0 Å². The van der Waals surface area contributed by atoms with E-state index < -0.39 is 9.84 Å². The molecule has 1 N–H and O–H groups in total. The molecule has 2 aromatic rings. The summed E-state index contributed by atoms with van der Waals surface area (Å²) in [5.74, 6) is 0.166.